The predicted molar refractivity (Wildman–Crippen MR) is 157 cm³/mol. The van der Waals surface area contributed by atoms with Gasteiger partial charge in [0.05, 0.1) is 17.4 Å². The number of carbonyl (C=O) groups excluding carboxylic acids is 3. The van der Waals surface area contributed by atoms with Crippen molar-refractivity contribution < 1.29 is 23.9 Å². The Morgan fingerprint density at radius 2 is 1.93 bits per heavy atom. The van der Waals surface area contributed by atoms with Gasteiger partial charge in [-0.25, -0.2) is 4.39 Å². The highest BCUT2D eigenvalue weighted by Crippen LogP contribution is 2.21. The second-order valence-electron chi connectivity index (χ2n) is 9.92. The minimum atomic E-state index is -1.02. The molecule has 43 heavy (non-hydrogen) atoms. The minimum absolute atomic E-state index is 0.119. The SMILES string of the molecule is O=C(C=Cc1cc(Cl)ccc1-n1cnnn1)NC(Cc1ccccc1)C(=O)Nc1ccc(C(=O)N2CCC(O)C2)c(F)c1. The summed E-state index contributed by atoms with van der Waals surface area (Å²) in [6, 6.07) is 16.9. The number of nitrogens with one attached hydrogen (secondary N) is 2. The number of amides is 3. The maximum absolute atomic E-state index is 14.9. The maximum Gasteiger partial charge on any atom is 0.256 e. The number of tetrazole rings is 1. The van der Waals surface area contributed by atoms with Gasteiger partial charge in [0.15, 0.2) is 0 Å². The third-order valence-corrected chi connectivity index (χ3v) is 7.07. The Bertz CT molecular complexity index is 1650. The second kappa shape index (κ2) is 13.4. The lowest BCUT2D eigenvalue weighted by Gasteiger charge is -2.19. The molecule has 220 valence electrons. The molecule has 11 nitrogen and oxygen atoms in total. The number of hydrogen-bond acceptors (Lipinski definition) is 7. The Kier molecular flexibility index (Phi) is 9.18. The van der Waals surface area contributed by atoms with Crippen molar-refractivity contribution in [3.63, 3.8) is 0 Å². The van der Waals surface area contributed by atoms with Crippen molar-refractivity contribution in [2.75, 3.05) is 18.4 Å². The molecule has 1 aliphatic heterocycles. The van der Waals surface area contributed by atoms with Gasteiger partial charge in [0, 0.05) is 41.9 Å². The molecule has 5 rings (SSSR count). The normalized spacial score (nSPS) is 15.4. The molecule has 1 saturated heterocycles. The molecule has 0 bridgehead atoms. The molecule has 4 aromatic rings. The average molecular weight is 604 g/mol. The van der Waals surface area contributed by atoms with Crippen molar-refractivity contribution in [1.29, 1.82) is 0 Å². The first-order valence-corrected chi connectivity index (χ1v) is 13.8. The van der Waals surface area contributed by atoms with E-state index in [1.807, 2.05) is 30.3 Å². The van der Waals surface area contributed by atoms with E-state index in [-0.39, 0.29) is 24.2 Å². The van der Waals surface area contributed by atoms with Gasteiger partial charge in [0.2, 0.25) is 11.8 Å². The summed E-state index contributed by atoms with van der Waals surface area (Å²) >= 11 is 6.16. The molecule has 3 aromatic carbocycles. The van der Waals surface area contributed by atoms with E-state index < -0.39 is 35.7 Å². The summed E-state index contributed by atoms with van der Waals surface area (Å²) in [6.07, 6.45) is 4.17. The van der Waals surface area contributed by atoms with Gasteiger partial charge < -0.3 is 20.6 Å². The Morgan fingerprint density at radius 3 is 2.63 bits per heavy atom. The molecule has 2 atom stereocenters. The van der Waals surface area contributed by atoms with Crippen LogP contribution in [-0.2, 0) is 16.0 Å². The lowest BCUT2D eigenvalue weighted by molar-refractivity contribution is -0.123. The van der Waals surface area contributed by atoms with Gasteiger partial charge in [-0.2, -0.15) is 4.68 Å². The van der Waals surface area contributed by atoms with E-state index in [1.165, 1.54) is 40.2 Å². The highest BCUT2D eigenvalue weighted by molar-refractivity contribution is 6.30. The lowest BCUT2D eigenvalue weighted by Crippen LogP contribution is -2.44. The number of likely N-dealkylation sites (tertiary alicyclic amines) is 1. The smallest absolute Gasteiger partial charge is 0.256 e. The third kappa shape index (κ3) is 7.48. The summed E-state index contributed by atoms with van der Waals surface area (Å²) in [5.74, 6) is -2.48. The number of hydrogen-bond donors (Lipinski definition) is 3. The van der Waals surface area contributed by atoms with Gasteiger partial charge in [0.25, 0.3) is 5.91 Å². The van der Waals surface area contributed by atoms with Crippen LogP contribution >= 0.6 is 11.6 Å². The Labute approximate surface area is 251 Å². The highest BCUT2D eigenvalue weighted by atomic mass is 35.5. The summed E-state index contributed by atoms with van der Waals surface area (Å²) in [6.45, 7) is 0.478. The quantitative estimate of drug-likeness (QED) is 0.250. The molecule has 2 unspecified atom stereocenters. The van der Waals surface area contributed by atoms with Crippen LogP contribution in [0.2, 0.25) is 5.02 Å². The highest BCUT2D eigenvalue weighted by Gasteiger charge is 2.27. The third-order valence-electron chi connectivity index (χ3n) is 6.83. The van der Waals surface area contributed by atoms with Crippen LogP contribution < -0.4 is 10.6 Å². The van der Waals surface area contributed by atoms with Crippen LogP contribution in [-0.4, -0.2) is 73.2 Å². The zero-order valence-electron chi connectivity index (χ0n) is 22.7. The summed E-state index contributed by atoms with van der Waals surface area (Å²) < 4.78 is 16.3. The predicted octanol–water partition coefficient (Wildman–Crippen LogP) is 3.04. The molecule has 1 aliphatic rings. The summed E-state index contributed by atoms with van der Waals surface area (Å²) in [4.78, 5) is 40.4. The van der Waals surface area contributed by atoms with Gasteiger partial charge >= 0.3 is 0 Å². The molecule has 3 N–H and O–H groups in total. The Hall–Kier alpha value is -4.94. The lowest BCUT2D eigenvalue weighted by atomic mass is 10.0. The first-order chi connectivity index (χ1) is 20.8. The maximum atomic E-state index is 14.9. The van der Waals surface area contributed by atoms with Crippen LogP contribution in [0.3, 0.4) is 0 Å². The van der Waals surface area contributed by atoms with E-state index >= 15 is 0 Å². The molecule has 2 heterocycles. The number of rotatable bonds is 9. The largest absolute Gasteiger partial charge is 0.391 e. The van der Waals surface area contributed by atoms with Crippen molar-refractivity contribution >= 4 is 41.1 Å². The number of benzene rings is 3. The van der Waals surface area contributed by atoms with Gasteiger partial charge in [-0.3, -0.25) is 14.4 Å². The number of aliphatic hydroxyl groups excluding tert-OH is 1. The Morgan fingerprint density at radius 1 is 1.12 bits per heavy atom. The van der Waals surface area contributed by atoms with E-state index in [0.29, 0.717) is 29.2 Å². The molecule has 0 saturated carbocycles. The van der Waals surface area contributed by atoms with Gasteiger partial charge in [-0.1, -0.05) is 41.9 Å². The fourth-order valence-electron chi connectivity index (χ4n) is 4.68. The number of nitrogens with zero attached hydrogens (tertiary/aromatic N) is 5. The fourth-order valence-corrected chi connectivity index (χ4v) is 4.86. The monoisotopic (exact) mass is 603 g/mol. The number of aromatic nitrogens is 4. The van der Waals surface area contributed by atoms with E-state index in [4.69, 9.17) is 11.6 Å². The number of halogens is 2. The standard InChI is InChI=1S/C30H27ClFN7O4/c31-21-7-10-27(39-18-33-36-37-39)20(15-21)6-11-28(41)35-26(14-19-4-2-1-3-5-19)29(42)34-22-8-9-24(25(32)16-22)30(43)38-13-12-23(40)17-38/h1-11,15-16,18,23,26,40H,12-14,17H2,(H,34,42)(H,35,41). The van der Waals surface area contributed by atoms with E-state index in [2.05, 4.69) is 26.2 Å². The molecule has 0 radical (unpaired) electrons. The molecule has 0 aliphatic carbocycles. The van der Waals surface area contributed by atoms with Crippen molar-refractivity contribution in [3.05, 3.63) is 107 Å². The molecular formula is C30H27ClFN7O4. The van der Waals surface area contributed by atoms with Crippen molar-refractivity contribution in [3.8, 4) is 5.69 Å². The van der Waals surface area contributed by atoms with E-state index in [0.717, 1.165) is 11.6 Å². The zero-order valence-corrected chi connectivity index (χ0v) is 23.5. The molecule has 0 spiro atoms. The molecule has 13 heteroatoms. The van der Waals surface area contributed by atoms with E-state index in [1.54, 1.807) is 18.2 Å². The molecule has 1 aromatic heterocycles. The summed E-state index contributed by atoms with van der Waals surface area (Å²) in [7, 11) is 0. The van der Waals surface area contributed by atoms with E-state index in [9.17, 15) is 23.9 Å². The number of carbonyl (C=O) groups is 3. The van der Waals surface area contributed by atoms with Crippen LogP contribution in [0.4, 0.5) is 10.1 Å². The Balaban J connectivity index is 1.31. The van der Waals surface area contributed by atoms with Crippen molar-refractivity contribution in [1.82, 2.24) is 30.4 Å². The van der Waals surface area contributed by atoms with Crippen LogP contribution in [0.25, 0.3) is 11.8 Å². The van der Waals surface area contributed by atoms with Gasteiger partial charge in [0.1, 0.15) is 18.2 Å². The minimum Gasteiger partial charge on any atom is -0.391 e. The van der Waals surface area contributed by atoms with Crippen LogP contribution in [0, 0.1) is 5.82 Å². The number of aliphatic hydroxyl groups is 1. The zero-order chi connectivity index (χ0) is 30.3. The molecular weight excluding hydrogens is 577 g/mol. The summed E-state index contributed by atoms with van der Waals surface area (Å²) in [5, 5.41) is 26.6. The van der Waals surface area contributed by atoms with Gasteiger partial charge in [-0.05, 0) is 64.9 Å². The molecule has 3 amide bonds. The average Bonchev–Trinajstić information content (AvgIpc) is 3.68. The van der Waals surface area contributed by atoms with Crippen LogP contribution in [0.15, 0.2) is 79.1 Å². The second-order valence-corrected chi connectivity index (χ2v) is 10.4. The first-order valence-electron chi connectivity index (χ1n) is 13.4. The van der Waals surface area contributed by atoms with Crippen LogP contribution in [0.1, 0.15) is 27.9 Å². The molecule has 1 fully saturated rings. The number of anilines is 1. The van der Waals surface area contributed by atoms with Crippen molar-refractivity contribution in [2.24, 2.45) is 0 Å². The van der Waals surface area contributed by atoms with Crippen LogP contribution in [0.5, 0.6) is 0 Å². The number of β-amino-alcohol motifs (C(OH)–C–C–N with tert-alkyl or cyclic N) is 1. The summed E-state index contributed by atoms with van der Waals surface area (Å²) in [5.41, 5.74) is 1.90. The fraction of sp³-hybridized carbons (Fsp3) is 0.200. The topological polar surface area (TPSA) is 142 Å². The van der Waals surface area contributed by atoms with Gasteiger partial charge in [-0.15, -0.1) is 5.10 Å². The first kappa shape index (κ1) is 29.5. The van der Waals surface area contributed by atoms with Crippen molar-refractivity contribution in [2.45, 2.75) is 25.0 Å².